The van der Waals surface area contributed by atoms with Gasteiger partial charge in [-0.3, -0.25) is 4.79 Å². The molecule has 1 fully saturated rings. The van der Waals surface area contributed by atoms with Gasteiger partial charge in [0.15, 0.2) is 0 Å². The van der Waals surface area contributed by atoms with Crippen molar-refractivity contribution in [3.63, 3.8) is 0 Å². The van der Waals surface area contributed by atoms with Gasteiger partial charge in [0.2, 0.25) is 5.91 Å². The lowest BCUT2D eigenvalue weighted by molar-refractivity contribution is -0.129. The van der Waals surface area contributed by atoms with Crippen LogP contribution < -0.4 is 5.73 Å². The maximum absolute atomic E-state index is 11.9. The van der Waals surface area contributed by atoms with Gasteiger partial charge >= 0.3 is 0 Å². The third-order valence-corrected chi connectivity index (χ3v) is 3.58. The number of nitrogens with zero attached hydrogens (tertiary/aromatic N) is 1. The standard InChI is InChI=1S/C12H14Cl2N2O/c13-9-5-8(6-10(14)12(9)15)7-11(17)16-3-1-2-4-16/h5-6H,1-4,7,15H2. The second-order valence-electron chi connectivity index (χ2n) is 4.24. The zero-order valence-corrected chi connectivity index (χ0v) is 10.9. The van der Waals surface area contributed by atoms with Crippen LogP contribution in [0.3, 0.4) is 0 Å². The van der Waals surface area contributed by atoms with Crippen LogP contribution in [0.5, 0.6) is 0 Å². The van der Waals surface area contributed by atoms with Gasteiger partial charge in [-0.15, -0.1) is 0 Å². The van der Waals surface area contributed by atoms with Gasteiger partial charge < -0.3 is 10.6 Å². The molecule has 1 amide bonds. The van der Waals surface area contributed by atoms with E-state index in [0.29, 0.717) is 22.2 Å². The highest BCUT2D eigenvalue weighted by atomic mass is 35.5. The molecule has 0 aromatic heterocycles. The minimum absolute atomic E-state index is 0.124. The van der Waals surface area contributed by atoms with E-state index in [2.05, 4.69) is 0 Å². The van der Waals surface area contributed by atoms with Crippen molar-refractivity contribution in [3.05, 3.63) is 27.7 Å². The first-order valence-corrected chi connectivity index (χ1v) is 6.34. The lowest BCUT2D eigenvalue weighted by Gasteiger charge is -2.15. The molecule has 1 aliphatic heterocycles. The van der Waals surface area contributed by atoms with E-state index < -0.39 is 0 Å². The van der Waals surface area contributed by atoms with E-state index in [9.17, 15) is 4.79 Å². The minimum atomic E-state index is 0.124. The third kappa shape index (κ3) is 2.85. The molecule has 1 saturated heterocycles. The fourth-order valence-electron chi connectivity index (χ4n) is 1.99. The molecule has 92 valence electrons. The number of rotatable bonds is 2. The van der Waals surface area contributed by atoms with Crippen LogP contribution in [0.1, 0.15) is 18.4 Å². The molecule has 2 N–H and O–H groups in total. The quantitative estimate of drug-likeness (QED) is 0.842. The summed E-state index contributed by atoms with van der Waals surface area (Å²) in [5, 5.41) is 0.809. The Hall–Kier alpha value is -0.930. The molecule has 3 nitrogen and oxygen atoms in total. The molecule has 0 spiro atoms. The average molecular weight is 273 g/mol. The summed E-state index contributed by atoms with van der Waals surface area (Å²) in [4.78, 5) is 13.8. The van der Waals surface area contributed by atoms with E-state index in [0.717, 1.165) is 31.5 Å². The van der Waals surface area contributed by atoms with Gasteiger partial charge in [-0.1, -0.05) is 23.2 Å². The van der Waals surface area contributed by atoms with E-state index in [1.807, 2.05) is 4.90 Å². The van der Waals surface area contributed by atoms with Crippen molar-refractivity contribution in [1.82, 2.24) is 4.90 Å². The Kier molecular flexibility index (Phi) is 3.79. The highest BCUT2D eigenvalue weighted by Crippen LogP contribution is 2.29. The van der Waals surface area contributed by atoms with Gasteiger partial charge in [-0.05, 0) is 30.5 Å². The largest absolute Gasteiger partial charge is 0.396 e. The average Bonchev–Trinajstić information content (AvgIpc) is 2.79. The van der Waals surface area contributed by atoms with Crippen LogP contribution in [0.2, 0.25) is 10.0 Å². The Morgan fingerprint density at radius 2 is 1.76 bits per heavy atom. The van der Waals surface area contributed by atoms with Crippen LogP contribution in [-0.4, -0.2) is 23.9 Å². The van der Waals surface area contributed by atoms with E-state index in [-0.39, 0.29) is 5.91 Å². The molecular formula is C12H14Cl2N2O. The number of likely N-dealkylation sites (tertiary alicyclic amines) is 1. The predicted octanol–water partition coefficient (Wildman–Crippen LogP) is 2.74. The Morgan fingerprint density at radius 1 is 1.24 bits per heavy atom. The normalized spacial score (nSPS) is 15.3. The van der Waals surface area contributed by atoms with Gasteiger partial charge in [0.05, 0.1) is 22.2 Å². The predicted molar refractivity (Wildman–Crippen MR) is 70.4 cm³/mol. The molecule has 0 unspecified atom stereocenters. The topological polar surface area (TPSA) is 46.3 Å². The fraction of sp³-hybridized carbons (Fsp3) is 0.417. The molecule has 0 bridgehead atoms. The summed E-state index contributed by atoms with van der Waals surface area (Å²) in [6, 6.07) is 3.41. The lowest BCUT2D eigenvalue weighted by atomic mass is 10.1. The van der Waals surface area contributed by atoms with Crippen molar-refractivity contribution in [2.75, 3.05) is 18.8 Å². The highest BCUT2D eigenvalue weighted by Gasteiger charge is 2.18. The summed E-state index contributed by atoms with van der Waals surface area (Å²) >= 11 is 11.9. The van der Waals surface area contributed by atoms with E-state index in [1.165, 1.54) is 0 Å². The maximum Gasteiger partial charge on any atom is 0.226 e. The second-order valence-corrected chi connectivity index (χ2v) is 5.05. The Bertz CT molecular complexity index is 419. The summed E-state index contributed by atoms with van der Waals surface area (Å²) in [6.45, 7) is 1.71. The number of amides is 1. The third-order valence-electron chi connectivity index (χ3n) is 2.95. The summed E-state index contributed by atoms with van der Waals surface area (Å²) in [7, 11) is 0. The fourth-order valence-corrected chi connectivity index (χ4v) is 2.52. The summed E-state index contributed by atoms with van der Waals surface area (Å²) in [6.07, 6.45) is 2.52. The van der Waals surface area contributed by atoms with Gasteiger partial charge in [0.25, 0.3) is 0 Å². The van der Waals surface area contributed by atoms with Crippen LogP contribution in [0.15, 0.2) is 12.1 Å². The number of hydrogen-bond donors (Lipinski definition) is 1. The Balaban J connectivity index is 2.10. The van der Waals surface area contributed by atoms with Crippen molar-refractivity contribution in [1.29, 1.82) is 0 Å². The van der Waals surface area contributed by atoms with Crippen molar-refractivity contribution >= 4 is 34.8 Å². The summed E-state index contributed by atoms with van der Waals surface area (Å²) in [5.74, 6) is 0.124. The van der Waals surface area contributed by atoms with Crippen molar-refractivity contribution in [2.45, 2.75) is 19.3 Å². The molecule has 5 heteroatoms. The second kappa shape index (κ2) is 5.15. The smallest absolute Gasteiger partial charge is 0.226 e. The van der Waals surface area contributed by atoms with Crippen LogP contribution >= 0.6 is 23.2 Å². The summed E-state index contributed by atoms with van der Waals surface area (Å²) in [5.41, 5.74) is 6.82. The molecule has 0 radical (unpaired) electrons. The van der Waals surface area contributed by atoms with E-state index in [1.54, 1.807) is 12.1 Å². The number of nitrogens with two attached hydrogens (primary N) is 1. The van der Waals surface area contributed by atoms with Crippen LogP contribution in [0, 0.1) is 0 Å². The number of nitrogen functional groups attached to an aromatic ring is 1. The molecular weight excluding hydrogens is 259 g/mol. The van der Waals surface area contributed by atoms with E-state index in [4.69, 9.17) is 28.9 Å². The van der Waals surface area contributed by atoms with Crippen molar-refractivity contribution in [3.8, 4) is 0 Å². The first kappa shape index (κ1) is 12.5. The van der Waals surface area contributed by atoms with Gasteiger partial charge in [-0.25, -0.2) is 0 Å². The minimum Gasteiger partial charge on any atom is -0.396 e. The monoisotopic (exact) mass is 272 g/mol. The lowest BCUT2D eigenvalue weighted by Crippen LogP contribution is -2.29. The molecule has 2 rings (SSSR count). The zero-order chi connectivity index (χ0) is 12.4. The van der Waals surface area contributed by atoms with E-state index >= 15 is 0 Å². The van der Waals surface area contributed by atoms with Crippen LogP contribution in [-0.2, 0) is 11.2 Å². The molecule has 1 aliphatic rings. The SMILES string of the molecule is Nc1c(Cl)cc(CC(=O)N2CCCC2)cc1Cl. The number of carbonyl (C=O) groups is 1. The number of hydrogen-bond acceptors (Lipinski definition) is 2. The number of carbonyl (C=O) groups excluding carboxylic acids is 1. The van der Waals surface area contributed by atoms with Crippen molar-refractivity contribution < 1.29 is 4.79 Å². The molecule has 1 aromatic carbocycles. The first-order valence-electron chi connectivity index (χ1n) is 5.59. The first-order chi connectivity index (χ1) is 8.08. The molecule has 0 atom stereocenters. The Labute approximate surface area is 110 Å². The van der Waals surface area contributed by atoms with Crippen molar-refractivity contribution in [2.24, 2.45) is 0 Å². The zero-order valence-electron chi connectivity index (χ0n) is 9.38. The molecule has 17 heavy (non-hydrogen) atoms. The van der Waals surface area contributed by atoms with Crippen LogP contribution in [0.25, 0.3) is 0 Å². The number of benzene rings is 1. The Morgan fingerprint density at radius 3 is 2.29 bits per heavy atom. The highest BCUT2D eigenvalue weighted by molar-refractivity contribution is 6.38. The van der Waals surface area contributed by atoms with Gasteiger partial charge in [-0.2, -0.15) is 0 Å². The van der Waals surface area contributed by atoms with Crippen LogP contribution in [0.4, 0.5) is 5.69 Å². The van der Waals surface area contributed by atoms with Gasteiger partial charge in [0.1, 0.15) is 0 Å². The maximum atomic E-state index is 11.9. The number of halogens is 2. The molecule has 1 aromatic rings. The summed E-state index contributed by atoms with van der Waals surface area (Å²) < 4.78 is 0. The molecule has 0 saturated carbocycles. The molecule has 1 heterocycles. The molecule has 0 aliphatic carbocycles. The number of anilines is 1. The van der Waals surface area contributed by atoms with Gasteiger partial charge in [0, 0.05) is 13.1 Å².